The van der Waals surface area contributed by atoms with E-state index in [4.69, 9.17) is 4.42 Å². The molecule has 1 atom stereocenters. The average molecular weight is 472 g/mol. The summed E-state index contributed by atoms with van der Waals surface area (Å²) in [6.45, 7) is 2.98. The molecule has 1 aromatic heterocycles. The van der Waals surface area contributed by atoms with Crippen molar-refractivity contribution in [2.75, 3.05) is 23.3 Å². The van der Waals surface area contributed by atoms with E-state index >= 15 is 0 Å². The standard InChI is InChI=1S/C24H27F2N5O3/c1-23(28-22-30-29-21(34-22)13-9-24(10-13)5-2-6-24)11-31(12-23)14-7-16(25)19(17(26)8-14)15-3-4-18(32)27-20(15)33/h7-8,13,15H,2-6,9-12H2,1H3,(H,28,30)(H,27,32,33). The second-order valence-electron chi connectivity index (χ2n) is 10.8. The van der Waals surface area contributed by atoms with Crippen LogP contribution < -0.4 is 15.5 Å². The number of hydrogen-bond donors (Lipinski definition) is 2. The Morgan fingerprint density at radius 3 is 2.47 bits per heavy atom. The molecule has 2 aliphatic carbocycles. The van der Waals surface area contributed by atoms with E-state index in [9.17, 15) is 18.4 Å². The predicted molar refractivity (Wildman–Crippen MR) is 118 cm³/mol. The molecule has 1 aromatic carbocycles. The molecule has 8 nitrogen and oxygen atoms in total. The summed E-state index contributed by atoms with van der Waals surface area (Å²) in [4.78, 5) is 25.3. The lowest BCUT2D eigenvalue weighted by atomic mass is 9.52. The van der Waals surface area contributed by atoms with Gasteiger partial charge < -0.3 is 14.6 Å². The van der Waals surface area contributed by atoms with Crippen LogP contribution in [0.2, 0.25) is 0 Å². The molecule has 2 amide bonds. The molecule has 34 heavy (non-hydrogen) atoms. The molecule has 4 aliphatic rings. The molecule has 2 saturated heterocycles. The van der Waals surface area contributed by atoms with Gasteiger partial charge in [0.05, 0.1) is 11.5 Å². The second-order valence-corrected chi connectivity index (χ2v) is 10.8. The Morgan fingerprint density at radius 2 is 1.85 bits per heavy atom. The number of nitrogens with one attached hydrogen (secondary N) is 2. The number of benzene rings is 1. The third-order valence-electron chi connectivity index (χ3n) is 8.07. The van der Waals surface area contributed by atoms with Gasteiger partial charge in [0.25, 0.3) is 0 Å². The van der Waals surface area contributed by atoms with E-state index in [0.29, 0.717) is 42.0 Å². The highest BCUT2D eigenvalue weighted by Crippen LogP contribution is 2.61. The fraction of sp³-hybridized carbons (Fsp3) is 0.583. The summed E-state index contributed by atoms with van der Waals surface area (Å²) in [5.74, 6) is -2.61. The first-order valence-corrected chi connectivity index (χ1v) is 11.9. The van der Waals surface area contributed by atoms with E-state index in [1.807, 2.05) is 11.8 Å². The number of carbonyl (C=O) groups excluding carboxylic acids is 2. The van der Waals surface area contributed by atoms with Gasteiger partial charge in [-0.05, 0) is 56.6 Å². The van der Waals surface area contributed by atoms with Crippen molar-refractivity contribution >= 4 is 23.5 Å². The van der Waals surface area contributed by atoms with E-state index in [0.717, 1.165) is 12.8 Å². The molecule has 1 unspecified atom stereocenters. The fourth-order valence-corrected chi connectivity index (χ4v) is 6.07. The topological polar surface area (TPSA) is 100 Å². The van der Waals surface area contributed by atoms with Crippen molar-refractivity contribution in [2.45, 2.75) is 69.2 Å². The average Bonchev–Trinajstić information content (AvgIpc) is 3.12. The molecule has 0 radical (unpaired) electrons. The van der Waals surface area contributed by atoms with Gasteiger partial charge in [-0.2, -0.15) is 0 Å². The maximum atomic E-state index is 14.8. The summed E-state index contributed by atoms with van der Waals surface area (Å²) >= 11 is 0. The minimum absolute atomic E-state index is 0.0617. The van der Waals surface area contributed by atoms with Gasteiger partial charge in [-0.3, -0.25) is 14.9 Å². The number of anilines is 2. The number of hydrogen-bond acceptors (Lipinski definition) is 7. The van der Waals surface area contributed by atoms with Crippen molar-refractivity contribution in [3.63, 3.8) is 0 Å². The Balaban J connectivity index is 1.09. The van der Waals surface area contributed by atoms with Gasteiger partial charge in [0, 0.05) is 36.7 Å². The Bertz CT molecular complexity index is 1140. The highest BCUT2D eigenvalue weighted by Gasteiger charge is 2.50. The van der Waals surface area contributed by atoms with Crippen LogP contribution in [-0.4, -0.2) is 40.6 Å². The van der Waals surface area contributed by atoms with Crippen LogP contribution in [0, 0.1) is 17.0 Å². The van der Waals surface area contributed by atoms with Crippen molar-refractivity contribution in [1.82, 2.24) is 15.5 Å². The molecule has 1 spiro atoms. The Morgan fingerprint density at radius 1 is 1.15 bits per heavy atom. The van der Waals surface area contributed by atoms with E-state index in [2.05, 4.69) is 20.8 Å². The van der Waals surface area contributed by atoms with E-state index in [-0.39, 0.29) is 23.9 Å². The first kappa shape index (κ1) is 21.5. The molecule has 6 rings (SSSR count). The summed E-state index contributed by atoms with van der Waals surface area (Å²) < 4.78 is 35.6. The van der Waals surface area contributed by atoms with Crippen LogP contribution in [0.1, 0.15) is 75.2 Å². The third kappa shape index (κ3) is 3.54. The highest BCUT2D eigenvalue weighted by atomic mass is 19.1. The molecule has 4 fully saturated rings. The molecule has 2 aromatic rings. The largest absolute Gasteiger partial charge is 0.408 e. The SMILES string of the molecule is CC1(Nc2nnc(C3CC4(CCC4)C3)o2)CN(c2cc(F)c(C3CCC(=O)NC3=O)c(F)c2)C1. The normalized spacial score (nSPS) is 25.4. The van der Waals surface area contributed by atoms with Crippen molar-refractivity contribution in [2.24, 2.45) is 5.41 Å². The first-order chi connectivity index (χ1) is 16.2. The molecule has 2 N–H and O–H groups in total. The fourth-order valence-electron chi connectivity index (χ4n) is 6.07. The predicted octanol–water partition coefficient (Wildman–Crippen LogP) is 3.61. The summed E-state index contributed by atoms with van der Waals surface area (Å²) in [6.07, 6.45) is 6.37. The van der Waals surface area contributed by atoms with Crippen molar-refractivity contribution in [3.8, 4) is 0 Å². The van der Waals surface area contributed by atoms with Gasteiger partial charge in [0.1, 0.15) is 11.6 Å². The third-order valence-corrected chi connectivity index (χ3v) is 8.07. The van der Waals surface area contributed by atoms with Gasteiger partial charge in [-0.1, -0.05) is 11.5 Å². The van der Waals surface area contributed by atoms with Crippen LogP contribution in [-0.2, 0) is 9.59 Å². The maximum absolute atomic E-state index is 14.8. The molecule has 0 bridgehead atoms. The van der Waals surface area contributed by atoms with Crippen molar-refractivity contribution in [3.05, 3.63) is 35.2 Å². The molecule has 180 valence electrons. The number of halogens is 2. The lowest BCUT2D eigenvalue weighted by Gasteiger charge is -2.53. The second kappa shape index (κ2) is 7.48. The molecule has 10 heteroatoms. The number of imide groups is 1. The zero-order valence-corrected chi connectivity index (χ0v) is 19.0. The van der Waals surface area contributed by atoms with Gasteiger partial charge >= 0.3 is 6.01 Å². The number of amides is 2. The zero-order chi connectivity index (χ0) is 23.7. The van der Waals surface area contributed by atoms with Gasteiger partial charge in [0.15, 0.2) is 0 Å². The number of aromatic nitrogens is 2. The maximum Gasteiger partial charge on any atom is 0.316 e. The van der Waals surface area contributed by atoms with Gasteiger partial charge in [-0.25, -0.2) is 8.78 Å². The zero-order valence-electron chi connectivity index (χ0n) is 19.0. The first-order valence-electron chi connectivity index (χ1n) is 11.9. The molecular weight excluding hydrogens is 444 g/mol. The quantitative estimate of drug-likeness (QED) is 0.643. The number of carbonyl (C=O) groups is 2. The van der Waals surface area contributed by atoms with Crippen LogP contribution >= 0.6 is 0 Å². The van der Waals surface area contributed by atoms with Crippen LogP contribution in [0.4, 0.5) is 20.5 Å². The van der Waals surface area contributed by atoms with Crippen molar-refractivity contribution in [1.29, 1.82) is 0 Å². The van der Waals surface area contributed by atoms with E-state index in [1.54, 1.807) is 0 Å². The summed E-state index contributed by atoms with van der Waals surface area (Å²) in [5.41, 5.74) is 0.268. The Labute approximate surface area is 195 Å². The molecule has 2 aliphatic heterocycles. The monoisotopic (exact) mass is 471 g/mol. The molecular formula is C24H27F2N5O3. The minimum Gasteiger partial charge on any atom is -0.408 e. The van der Waals surface area contributed by atoms with Crippen molar-refractivity contribution < 1.29 is 22.8 Å². The van der Waals surface area contributed by atoms with Crippen LogP contribution in [0.3, 0.4) is 0 Å². The smallest absolute Gasteiger partial charge is 0.316 e. The summed E-state index contributed by atoms with van der Waals surface area (Å²) in [5, 5.41) is 13.8. The number of nitrogens with zero attached hydrogens (tertiary/aromatic N) is 3. The van der Waals surface area contributed by atoms with Crippen LogP contribution in [0.25, 0.3) is 0 Å². The molecule has 3 heterocycles. The lowest BCUT2D eigenvalue weighted by molar-refractivity contribution is -0.134. The van der Waals surface area contributed by atoms with Gasteiger partial charge in [-0.15, -0.1) is 5.10 Å². The molecule has 2 saturated carbocycles. The Hall–Kier alpha value is -3.04. The van der Waals surface area contributed by atoms with E-state index in [1.165, 1.54) is 31.4 Å². The van der Waals surface area contributed by atoms with Crippen LogP contribution in [0.15, 0.2) is 16.5 Å². The highest BCUT2D eigenvalue weighted by molar-refractivity contribution is 6.01. The van der Waals surface area contributed by atoms with Crippen LogP contribution in [0.5, 0.6) is 0 Å². The Kier molecular flexibility index (Phi) is 4.73. The van der Waals surface area contributed by atoms with E-state index < -0.39 is 29.4 Å². The summed E-state index contributed by atoms with van der Waals surface area (Å²) in [7, 11) is 0. The number of rotatable bonds is 5. The van der Waals surface area contributed by atoms with Gasteiger partial charge in [0.2, 0.25) is 17.7 Å². The summed E-state index contributed by atoms with van der Waals surface area (Å²) in [6, 6.07) is 2.87. The number of piperidine rings is 1. The lowest BCUT2D eigenvalue weighted by Crippen LogP contribution is -2.64. The minimum atomic E-state index is -1.00.